The Morgan fingerprint density at radius 2 is 1.89 bits per heavy atom. The number of carbonyl (C=O) groups is 1. The molecule has 6 heteroatoms. The van der Waals surface area contributed by atoms with Crippen molar-refractivity contribution in [3.05, 3.63) is 59.5 Å². The molecule has 0 aliphatic carbocycles. The van der Waals surface area contributed by atoms with E-state index < -0.39 is 5.97 Å². The van der Waals surface area contributed by atoms with E-state index in [-0.39, 0.29) is 12.3 Å². The lowest BCUT2D eigenvalue weighted by molar-refractivity contribution is 0.0517. The van der Waals surface area contributed by atoms with E-state index in [2.05, 4.69) is 4.98 Å². The molecule has 0 fully saturated rings. The van der Waals surface area contributed by atoms with Crippen LogP contribution in [0.1, 0.15) is 28.7 Å². The third-order valence-corrected chi connectivity index (χ3v) is 4.44. The fourth-order valence-electron chi connectivity index (χ4n) is 3.20. The molecule has 0 aliphatic rings. The number of nitrogen functional groups attached to an aromatic ring is 1. The predicted octanol–water partition coefficient (Wildman–Crippen LogP) is 3.73. The summed E-state index contributed by atoms with van der Waals surface area (Å²) in [4.78, 5) is 17.2. The highest BCUT2D eigenvalue weighted by Gasteiger charge is 2.26. The van der Waals surface area contributed by atoms with Crippen LogP contribution in [0.3, 0.4) is 0 Å². The van der Waals surface area contributed by atoms with Crippen LogP contribution >= 0.6 is 0 Å². The lowest BCUT2D eigenvalue weighted by Gasteiger charge is -2.12. The maximum atomic E-state index is 12.6. The Morgan fingerprint density at radius 1 is 1.15 bits per heavy atom. The van der Waals surface area contributed by atoms with Gasteiger partial charge in [-0.2, -0.15) is 0 Å². The van der Waals surface area contributed by atoms with Crippen molar-refractivity contribution >= 4 is 5.97 Å². The van der Waals surface area contributed by atoms with Crippen molar-refractivity contribution in [1.29, 1.82) is 0 Å². The third kappa shape index (κ3) is 3.38. The molecule has 0 bridgehead atoms. The molecule has 3 rings (SSSR count). The molecule has 0 amide bonds. The third-order valence-electron chi connectivity index (χ3n) is 4.44. The number of methoxy groups -OCH3 is 1. The van der Waals surface area contributed by atoms with Crippen LogP contribution in [0.4, 0.5) is 0 Å². The van der Waals surface area contributed by atoms with Gasteiger partial charge in [0.25, 0.3) is 0 Å². The zero-order valence-electron chi connectivity index (χ0n) is 15.9. The Morgan fingerprint density at radius 3 is 2.56 bits per heavy atom. The van der Waals surface area contributed by atoms with Gasteiger partial charge in [-0.05, 0) is 50.1 Å². The summed E-state index contributed by atoms with van der Waals surface area (Å²) < 4.78 is 12.0. The van der Waals surface area contributed by atoms with Gasteiger partial charge < -0.3 is 15.3 Å². The molecule has 0 atom stereocenters. The summed E-state index contributed by atoms with van der Waals surface area (Å²) in [6, 6.07) is 11.5. The number of esters is 1. The number of nitrogens with zero attached hydrogens (tertiary/aromatic N) is 2. The van der Waals surface area contributed by atoms with Crippen LogP contribution < -0.4 is 10.6 Å². The highest BCUT2D eigenvalue weighted by Crippen LogP contribution is 2.39. The molecule has 0 spiro atoms. The van der Waals surface area contributed by atoms with Crippen LogP contribution in [0.5, 0.6) is 5.75 Å². The second-order valence-corrected chi connectivity index (χ2v) is 6.19. The Hall–Kier alpha value is -3.28. The number of aryl methyl sites for hydroxylation is 1. The van der Waals surface area contributed by atoms with Gasteiger partial charge in [0.2, 0.25) is 0 Å². The van der Waals surface area contributed by atoms with Crippen molar-refractivity contribution in [3.63, 3.8) is 0 Å². The summed E-state index contributed by atoms with van der Waals surface area (Å²) in [5.74, 6) is 6.44. The van der Waals surface area contributed by atoms with E-state index in [4.69, 9.17) is 15.3 Å². The highest BCUT2D eigenvalue weighted by molar-refractivity contribution is 6.01. The normalized spacial score (nSPS) is 10.7. The van der Waals surface area contributed by atoms with Crippen molar-refractivity contribution in [2.24, 2.45) is 0 Å². The quantitative estimate of drug-likeness (QED) is 0.550. The summed E-state index contributed by atoms with van der Waals surface area (Å²) in [5.41, 5.74) is 5.11. The van der Waals surface area contributed by atoms with E-state index in [1.165, 1.54) is 4.68 Å². The van der Waals surface area contributed by atoms with Crippen LogP contribution in [0.15, 0.2) is 42.6 Å². The van der Waals surface area contributed by atoms with Gasteiger partial charge in [0, 0.05) is 23.0 Å². The van der Waals surface area contributed by atoms with Gasteiger partial charge >= 0.3 is 5.97 Å². The first-order chi connectivity index (χ1) is 13.0. The Labute approximate surface area is 158 Å². The van der Waals surface area contributed by atoms with E-state index in [1.807, 2.05) is 50.2 Å². The number of ether oxygens (including phenoxy) is 2. The van der Waals surface area contributed by atoms with Crippen molar-refractivity contribution < 1.29 is 14.3 Å². The summed E-state index contributed by atoms with van der Waals surface area (Å²) in [7, 11) is 1.63. The number of benzene rings is 1. The van der Waals surface area contributed by atoms with E-state index in [0.717, 1.165) is 28.1 Å². The number of carbonyl (C=O) groups excluding carboxylic acids is 1. The van der Waals surface area contributed by atoms with Crippen molar-refractivity contribution in [2.75, 3.05) is 19.6 Å². The monoisotopic (exact) mass is 365 g/mol. The largest absolute Gasteiger partial charge is 0.496 e. The van der Waals surface area contributed by atoms with Gasteiger partial charge in [0.1, 0.15) is 5.75 Å². The fraction of sp³-hybridized carbons (Fsp3) is 0.238. The smallest absolute Gasteiger partial charge is 0.357 e. The van der Waals surface area contributed by atoms with Crippen LogP contribution in [0.25, 0.3) is 22.4 Å². The molecule has 140 valence electrons. The number of nitrogens with two attached hydrogens (primary N) is 1. The number of pyridine rings is 1. The van der Waals surface area contributed by atoms with E-state index in [0.29, 0.717) is 11.3 Å². The first kappa shape index (κ1) is 18.5. The van der Waals surface area contributed by atoms with Crippen molar-refractivity contribution in [2.45, 2.75) is 20.8 Å². The number of aromatic nitrogens is 2. The Kier molecular flexibility index (Phi) is 5.16. The van der Waals surface area contributed by atoms with Crippen LogP contribution in [0.2, 0.25) is 0 Å². The number of hydrogen-bond acceptors (Lipinski definition) is 5. The zero-order valence-corrected chi connectivity index (χ0v) is 15.9. The van der Waals surface area contributed by atoms with Gasteiger partial charge in [-0.1, -0.05) is 18.2 Å². The van der Waals surface area contributed by atoms with Gasteiger partial charge in [0.15, 0.2) is 5.69 Å². The number of hydrogen-bond donors (Lipinski definition) is 1. The molecule has 0 aliphatic heterocycles. The second-order valence-electron chi connectivity index (χ2n) is 6.19. The molecular formula is C21H23N3O3. The van der Waals surface area contributed by atoms with E-state index in [9.17, 15) is 4.79 Å². The van der Waals surface area contributed by atoms with Crippen molar-refractivity contribution in [1.82, 2.24) is 9.66 Å². The molecule has 1 aromatic carbocycles. The first-order valence-electron chi connectivity index (χ1n) is 8.73. The van der Waals surface area contributed by atoms with E-state index >= 15 is 0 Å². The molecule has 3 aromatic rings. The zero-order chi connectivity index (χ0) is 19.6. The maximum absolute atomic E-state index is 12.6. The maximum Gasteiger partial charge on any atom is 0.357 e. The molecule has 6 nitrogen and oxygen atoms in total. The second kappa shape index (κ2) is 7.53. The molecule has 0 unspecified atom stereocenters. The van der Waals surface area contributed by atoms with Crippen LogP contribution in [-0.2, 0) is 4.74 Å². The summed E-state index contributed by atoms with van der Waals surface area (Å²) in [5, 5.41) is 0. The summed E-state index contributed by atoms with van der Waals surface area (Å²) in [6.45, 7) is 5.90. The Bertz CT molecular complexity index is 992. The van der Waals surface area contributed by atoms with Gasteiger partial charge in [-0.15, -0.1) is 0 Å². The van der Waals surface area contributed by atoms with Crippen molar-refractivity contribution in [3.8, 4) is 28.1 Å². The molecule has 2 heterocycles. The Balaban J connectivity index is 2.33. The minimum Gasteiger partial charge on any atom is -0.496 e. The lowest BCUT2D eigenvalue weighted by Crippen LogP contribution is -2.18. The standard InChI is InChI=1S/C21H23N3O3/c1-5-27-21(25)20-19(17-10-6-8-13(2)23-17)16(12-24(20)22)15-9-7-11-18(26-4)14(15)3/h6-12H,5,22H2,1-4H3. The molecule has 0 saturated heterocycles. The van der Waals surface area contributed by atoms with Crippen LogP contribution in [0, 0.1) is 13.8 Å². The molecular weight excluding hydrogens is 342 g/mol. The van der Waals surface area contributed by atoms with E-state index in [1.54, 1.807) is 20.2 Å². The fourth-order valence-corrected chi connectivity index (χ4v) is 3.20. The minimum absolute atomic E-state index is 0.262. The van der Waals surface area contributed by atoms with Crippen LogP contribution in [-0.4, -0.2) is 29.3 Å². The first-order valence-corrected chi connectivity index (χ1v) is 8.73. The molecule has 2 N–H and O–H groups in total. The summed E-state index contributed by atoms with van der Waals surface area (Å²) >= 11 is 0. The molecule has 27 heavy (non-hydrogen) atoms. The number of rotatable bonds is 5. The van der Waals surface area contributed by atoms with Gasteiger partial charge in [-0.3, -0.25) is 9.66 Å². The summed E-state index contributed by atoms with van der Waals surface area (Å²) in [6.07, 6.45) is 1.73. The van der Waals surface area contributed by atoms with Gasteiger partial charge in [-0.25, -0.2) is 4.79 Å². The SMILES string of the molecule is CCOC(=O)c1c(-c2cccc(C)n2)c(-c2cccc(OC)c2C)cn1N. The predicted molar refractivity (Wildman–Crippen MR) is 105 cm³/mol. The highest BCUT2D eigenvalue weighted by atomic mass is 16.5. The molecule has 0 saturated carbocycles. The lowest BCUT2D eigenvalue weighted by atomic mass is 9.96. The average Bonchev–Trinajstić information content (AvgIpc) is 2.99. The van der Waals surface area contributed by atoms with Gasteiger partial charge in [0.05, 0.1) is 19.4 Å². The molecule has 2 aromatic heterocycles. The topological polar surface area (TPSA) is 79.4 Å². The average molecular weight is 365 g/mol. The molecule has 0 radical (unpaired) electrons. The minimum atomic E-state index is -0.481.